The van der Waals surface area contributed by atoms with Crippen molar-refractivity contribution >= 4 is 38.9 Å². The van der Waals surface area contributed by atoms with Crippen molar-refractivity contribution in [1.29, 1.82) is 0 Å². The van der Waals surface area contributed by atoms with Crippen LogP contribution in [0.15, 0.2) is 52.3 Å². The lowest BCUT2D eigenvalue weighted by Crippen LogP contribution is -2.08. The predicted molar refractivity (Wildman–Crippen MR) is 124 cm³/mol. The lowest BCUT2D eigenvalue weighted by molar-refractivity contribution is 0.0286. The molecule has 5 rings (SSSR count). The molecule has 162 valence electrons. The van der Waals surface area contributed by atoms with Crippen molar-refractivity contribution in [2.24, 2.45) is 0 Å². The molecule has 7 nitrogen and oxygen atoms in total. The highest BCUT2D eigenvalue weighted by Crippen LogP contribution is 2.31. The van der Waals surface area contributed by atoms with Crippen LogP contribution in [0.5, 0.6) is 0 Å². The number of benzene rings is 1. The van der Waals surface area contributed by atoms with Crippen LogP contribution >= 0.6 is 22.7 Å². The maximum Gasteiger partial charge on any atom is 0.349 e. The number of hydrogen-bond donors (Lipinski definition) is 0. The first-order valence-electron chi connectivity index (χ1n) is 10.1. The number of fused-ring (bicyclic) bond motifs is 1. The smallest absolute Gasteiger partial charge is 0.349 e. The molecule has 4 heterocycles. The summed E-state index contributed by atoms with van der Waals surface area (Å²) >= 11 is 2.88. The van der Waals surface area contributed by atoms with Gasteiger partial charge in [0.15, 0.2) is 6.10 Å². The fourth-order valence-electron chi connectivity index (χ4n) is 3.35. The fourth-order valence-corrected chi connectivity index (χ4v) is 5.04. The van der Waals surface area contributed by atoms with Crippen molar-refractivity contribution in [1.82, 2.24) is 20.0 Å². The van der Waals surface area contributed by atoms with Crippen molar-refractivity contribution in [2.45, 2.75) is 33.4 Å². The van der Waals surface area contributed by atoms with Gasteiger partial charge in [0.25, 0.3) is 11.8 Å². The molecule has 0 amide bonds. The van der Waals surface area contributed by atoms with E-state index in [1.165, 1.54) is 28.2 Å². The second-order valence-corrected chi connectivity index (χ2v) is 9.51. The molecule has 0 aliphatic rings. The summed E-state index contributed by atoms with van der Waals surface area (Å²) in [6.07, 6.45) is -0.654. The molecule has 0 aliphatic heterocycles. The van der Waals surface area contributed by atoms with E-state index in [2.05, 4.69) is 46.5 Å². The van der Waals surface area contributed by atoms with E-state index in [9.17, 15) is 4.79 Å². The third kappa shape index (κ3) is 3.96. The second-order valence-electron chi connectivity index (χ2n) is 7.53. The van der Waals surface area contributed by atoms with Crippen LogP contribution in [0.4, 0.5) is 0 Å². The normalized spacial score (nSPS) is 12.3. The van der Waals surface area contributed by atoms with Crippen LogP contribution in [0.2, 0.25) is 0 Å². The number of carbonyl (C=O) groups excluding carboxylic acids is 1. The summed E-state index contributed by atoms with van der Waals surface area (Å²) in [6, 6.07) is 14.0. The third-order valence-corrected chi connectivity index (χ3v) is 7.05. The molecule has 0 fully saturated rings. The van der Waals surface area contributed by atoms with Gasteiger partial charge in [0.05, 0.1) is 17.1 Å². The molecule has 0 bridgehead atoms. The Kier molecular flexibility index (Phi) is 5.36. The average molecular weight is 465 g/mol. The van der Waals surface area contributed by atoms with Crippen LogP contribution in [0.1, 0.15) is 45.4 Å². The molecule has 0 saturated heterocycles. The largest absolute Gasteiger partial charge is 0.448 e. The summed E-state index contributed by atoms with van der Waals surface area (Å²) < 4.78 is 13.2. The molecule has 0 radical (unpaired) electrons. The number of rotatable bonds is 6. The number of carbonyl (C=O) groups is 1. The van der Waals surface area contributed by atoms with Gasteiger partial charge in [-0.2, -0.15) is 5.10 Å². The van der Waals surface area contributed by atoms with E-state index < -0.39 is 12.1 Å². The molecule has 0 N–H and O–H groups in total. The summed E-state index contributed by atoms with van der Waals surface area (Å²) in [7, 11) is 0. The van der Waals surface area contributed by atoms with Gasteiger partial charge in [-0.05, 0) is 43.8 Å². The molecular weight excluding hydrogens is 444 g/mol. The number of hydrogen-bond acceptors (Lipinski definition) is 8. The molecule has 0 spiro atoms. The lowest BCUT2D eigenvalue weighted by Gasteiger charge is -2.08. The lowest BCUT2D eigenvalue weighted by atomic mass is 10.1. The maximum atomic E-state index is 12.8. The Hall–Kier alpha value is -3.30. The highest BCUT2D eigenvalue weighted by molar-refractivity contribution is 7.20. The zero-order chi connectivity index (χ0) is 22.2. The summed E-state index contributed by atoms with van der Waals surface area (Å²) in [5.41, 5.74) is 3.26. The van der Waals surface area contributed by atoms with Crippen LogP contribution in [0.25, 0.3) is 21.0 Å². The van der Waals surface area contributed by atoms with E-state index in [0.29, 0.717) is 17.3 Å². The monoisotopic (exact) mass is 464 g/mol. The van der Waals surface area contributed by atoms with Crippen molar-refractivity contribution < 1.29 is 13.9 Å². The molecule has 9 heteroatoms. The molecular formula is C23H20N4O3S2. The minimum Gasteiger partial charge on any atom is -0.448 e. The molecule has 0 saturated carbocycles. The van der Waals surface area contributed by atoms with Crippen LogP contribution in [-0.2, 0) is 11.3 Å². The number of nitrogens with zero attached hydrogens (tertiary/aromatic N) is 4. The van der Waals surface area contributed by atoms with Crippen molar-refractivity contribution in [3.05, 3.63) is 75.4 Å². The van der Waals surface area contributed by atoms with E-state index in [1.807, 2.05) is 35.2 Å². The van der Waals surface area contributed by atoms with E-state index >= 15 is 0 Å². The van der Waals surface area contributed by atoms with Gasteiger partial charge in [-0.15, -0.1) is 32.9 Å². The minimum absolute atomic E-state index is 0.268. The van der Waals surface area contributed by atoms with Crippen LogP contribution < -0.4 is 0 Å². The molecule has 5 aromatic rings. The molecule has 4 aromatic heterocycles. The molecule has 0 aliphatic carbocycles. The van der Waals surface area contributed by atoms with Gasteiger partial charge in [-0.25, -0.2) is 4.79 Å². The number of ether oxygens (including phenoxy) is 1. The van der Waals surface area contributed by atoms with Crippen molar-refractivity contribution in [2.75, 3.05) is 0 Å². The number of aryl methyl sites for hydroxylation is 2. The zero-order valence-electron chi connectivity index (χ0n) is 17.7. The van der Waals surface area contributed by atoms with E-state index in [4.69, 9.17) is 9.15 Å². The molecule has 1 unspecified atom stereocenters. The Labute approximate surface area is 192 Å². The van der Waals surface area contributed by atoms with Crippen molar-refractivity contribution in [3.63, 3.8) is 0 Å². The first-order valence-corrected chi connectivity index (χ1v) is 11.8. The average Bonchev–Trinajstić information content (AvgIpc) is 3.56. The molecule has 1 aromatic carbocycles. The van der Waals surface area contributed by atoms with Crippen LogP contribution in [-0.4, -0.2) is 25.9 Å². The first-order chi connectivity index (χ1) is 15.5. The van der Waals surface area contributed by atoms with E-state index in [-0.39, 0.29) is 5.89 Å². The Morgan fingerprint density at radius 2 is 2.00 bits per heavy atom. The van der Waals surface area contributed by atoms with Gasteiger partial charge in [-0.3, -0.25) is 4.68 Å². The van der Waals surface area contributed by atoms with Gasteiger partial charge in [-0.1, -0.05) is 35.9 Å². The van der Waals surface area contributed by atoms with E-state index in [1.54, 1.807) is 6.92 Å². The Bertz CT molecular complexity index is 1380. The second kappa shape index (κ2) is 8.33. The summed E-state index contributed by atoms with van der Waals surface area (Å²) in [6.45, 7) is 6.38. The number of aromatic nitrogens is 4. The summed E-state index contributed by atoms with van der Waals surface area (Å²) in [5, 5.41) is 15.6. The van der Waals surface area contributed by atoms with Crippen LogP contribution in [0.3, 0.4) is 0 Å². The SMILES string of the molecule is Cc1ccc(Cn2nc(C)c3cc(C(=O)OC(C)c4nnc(-c5cccs5)o4)sc32)cc1. The topological polar surface area (TPSA) is 83.0 Å². The standard InChI is InChI=1S/C23H20N4O3S2/c1-13-6-8-16(9-7-13)12-27-22-17(14(2)26-27)11-19(32-22)23(28)29-15(3)20-24-25-21(30-20)18-5-4-10-31-18/h4-11,15H,12H2,1-3H3. The quantitative estimate of drug-likeness (QED) is 0.296. The first kappa shape index (κ1) is 20.6. The predicted octanol–water partition coefficient (Wildman–Crippen LogP) is 5.79. The molecule has 32 heavy (non-hydrogen) atoms. The Morgan fingerprint density at radius 1 is 1.19 bits per heavy atom. The van der Waals surface area contributed by atoms with E-state index in [0.717, 1.165) is 26.4 Å². The molecule has 1 atom stereocenters. The minimum atomic E-state index is -0.654. The number of thiophene rings is 2. The zero-order valence-corrected chi connectivity index (χ0v) is 19.4. The van der Waals surface area contributed by atoms with Crippen LogP contribution in [0, 0.1) is 13.8 Å². The highest BCUT2D eigenvalue weighted by Gasteiger charge is 2.23. The number of esters is 1. The maximum absolute atomic E-state index is 12.8. The highest BCUT2D eigenvalue weighted by atomic mass is 32.1. The summed E-state index contributed by atoms with van der Waals surface area (Å²) in [4.78, 5) is 15.2. The Morgan fingerprint density at radius 3 is 2.75 bits per heavy atom. The van der Waals surface area contributed by atoms with Crippen molar-refractivity contribution in [3.8, 4) is 10.8 Å². The third-order valence-electron chi connectivity index (χ3n) is 5.07. The van der Waals surface area contributed by atoms with Gasteiger partial charge in [0.1, 0.15) is 9.71 Å². The fraction of sp³-hybridized carbons (Fsp3) is 0.217. The van der Waals surface area contributed by atoms with Gasteiger partial charge in [0.2, 0.25) is 0 Å². The summed E-state index contributed by atoms with van der Waals surface area (Å²) in [5.74, 6) is 0.270. The van der Waals surface area contributed by atoms with Gasteiger partial charge < -0.3 is 9.15 Å². The Balaban J connectivity index is 1.34. The van der Waals surface area contributed by atoms with Gasteiger partial charge in [0, 0.05) is 5.39 Å². The van der Waals surface area contributed by atoms with Gasteiger partial charge >= 0.3 is 5.97 Å².